The predicted octanol–water partition coefficient (Wildman–Crippen LogP) is 1.15. The van der Waals surface area contributed by atoms with Crippen molar-refractivity contribution in [3.8, 4) is 0 Å². The molecule has 2 atom stereocenters. The van der Waals surface area contributed by atoms with E-state index in [9.17, 15) is 14.7 Å². The lowest BCUT2D eigenvalue weighted by Gasteiger charge is -2.36. The molecule has 126 valence electrons. The second-order valence-electron chi connectivity index (χ2n) is 5.33. The van der Waals surface area contributed by atoms with E-state index in [2.05, 4.69) is 15.3 Å². The number of hydrogen-bond donors (Lipinski definition) is 2. The summed E-state index contributed by atoms with van der Waals surface area (Å²) in [5, 5.41) is 12.3. The first-order chi connectivity index (χ1) is 11.0. The fraction of sp³-hybridized carbons (Fsp3) is 0.571. The number of nitrogens with zero attached hydrogens (tertiary/aromatic N) is 3. The van der Waals surface area contributed by atoms with Gasteiger partial charge >= 0.3 is 6.09 Å². The highest BCUT2D eigenvalue weighted by molar-refractivity contribution is 6.29. The highest BCUT2D eigenvalue weighted by Gasteiger charge is 2.34. The van der Waals surface area contributed by atoms with Crippen molar-refractivity contribution in [1.82, 2.24) is 20.2 Å². The number of amides is 2. The number of nitrogens with one attached hydrogen (secondary N) is 1. The number of aromatic nitrogens is 2. The number of carbonyl (C=O) groups is 2. The zero-order valence-corrected chi connectivity index (χ0v) is 13.5. The molecule has 1 saturated heterocycles. The number of piperidine rings is 1. The van der Waals surface area contributed by atoms with E-state index in [0.29, 0.717) is 25.1 Å². The van der Waals surface area contributed by atoms with E-state index in [0.717, 1.165) is 0 Å². The zero-order valence-electron chi connectivity index (χ0n) is 12.7. The minimum atomic E-state index is -1.04. The summed E-state index contributed by atoms with van der Waals surface area (Å²) in [6.45, 7) is 0.649. The smallest absolute Gasteiger partial charge is 0.407 e. The molecular formula is C14H19ClN4O4. The van der Waals surface area contributed by atoms with E-state index < -0.39 is 12.0 Å². The highest BCUT2D eigenvalue weighted by Crippen LogP contribution is 2.23. The minimum absolute atomic E-state index is 0.156. The molecule has 2 unspecified atom stereocenters. The van der Waals surface area contributed by atoms with Crippen LogP contribution in [0.25, 0.3) is 0 Å². The number of halogens is 1. The Kier molecular flexibility index (Phi) is 6.12. The van der Waals surface area contributed by atoms with Gasteiger partial charge in [-0.15, -0.1) is 0 Å². The third-order valence-electron chi connectivity index (χ3n) is 3.83. The molecule has 2 rings (SSSR count). The van der Waals surface area contributed by atoms with E-state index in [4.69, 9.17) is 16.3 Å². The number of ether oxygens (including phenoxy) is 1. The summed E-state index contributed by atoms with van der Waals surface area (Å²) in [7, 11) is 1.53. The van der Waals surface area contributed by atoms with Crippen molar-refractivity contribution >= 4 is 23.6 Å². The lowest BCUT2D eigenvalue weighted by atomic mass is 9.92. The Bertz CT molecular complexity index is 571. The molecule has 1 fully saturated rings. The molecule has 2 N–H and O–H groups in total. The molecule has 2 amide bonds. The first kappa shape index (κ1) is 17.4. The van der Waals surface area contributed by atoms with Crippen LogP contribution >= 0.6 is 11.6 Å². The summed E-state index contributed by atoms with van der Waals surface area (Å²) in [5.74, 6) is -0.608. The van der Waals surface area contributed by atoms with E-state index in [1.54, 1.807) is 0 Å². The maximum absolute atomic E-state index is 12.3. The molecule has 23 heavy (non-hydrogen) atoms. The number of likely N-dealkylation sites (tertiary alicyclic amines) is 1. The molecule has 1 aromatic heterocycles. The van der Waals surface area contributed by atoms with Crippen molar-refractivity contribution in [2.24, 2.45) is 5.92 Å². The highest BCUT2D eigenvalue weighted by atomic mass is 35.5. The molecule has 1 aromatic rings. The Hall–Kier alpha value is -1.93. The average molecular weight is 343 g/mol. The maximum atomic E-state index is 12.3. The SMILES string of the molecule is COCC1CCC(C(=O)NCc2nccnc2Cl)CN1C(=O)O. The number of methoxy groups -OCH3 is 1. The topological polar surface area (TPSA) is 105 Å². The van der Waals surface area contributed by atoms with Gasteiger partial charge in [-0.25, -0.2) is 9.78 Å². The second kappa shape index (κ2) is 8.07. The molecule has 0 bridgehead atoms. The number of carboxylic acid groups (broad SMARTS) is 1. The normalized spacial score (nSPS) is 21.0. The van der Waals surface area contributed by atoms with Gasteiger partial charge in [0.15, 0.2) is 5.15 Å². The monoisotopic (exact) mass is 342 g/mol. The minimum Gasteiger partial charge on any atom is -0.465 e. The fourth-order valence-electron chi connectivity index (χ4n) is 2.62. The van der Waals surface area contributed by atoms with Gasteiger partial charge in [-0.3, -0.25) is 9.78 Å². The van der Waals surface area contributed by atoms with Crippen molar-refractivity contribution in [1.29, 1.82) is 0 Å². The predicted molar refractivity (Wildman–Crippen MR) is 82.0 cm³/mol. The lowest BCUT2D eigenvalue weighted by Crippen LogP contribution is -2.51. The van der Waals surface area contributed by atoms with Crippen molar-refractivity contribution in [3.63, 3.8) is 0 Å². The standard InChI is InChI=1S/C14H19ClN4O4/c1-23-8-10-3-2-9(7-19(10)14(21)22)13(20)18-6-11-12(15)17-5-4-16-11/h4-5,9-10H,2-3,6-8H2,1H3,(H,18,20)(H,21,22). The van der Waals surface area contributed by atoms with Crippen molar-refractivity contribution in [2.75, 3.05) is 20.3 Å². The first-order valence-electron chi connectivity index (χ1n) is 7.24. The van der Waals surface area contributed by atoms with Crippen LogP contribution in [0.15, 0.2) is 12.4 Å². The van der Waals surface area contributed by atoms with Crippen LogP contribution in [-0.2, 0) is 16.1 Å². The van der Waals surface area contributed by atoms with Crippen molar-refractivity contribution < 1.29 is 19.4 Å². The van der Waals surface area contributed by atoms with Gasteiger partial charge in [0.2, 0.25) is 5.91 Å². The summed E-state index contributed by atoms with van der Waals surface area (Å²) in [6.07, 6.45) is 3.12. The molecule has 0 saturated carbocycles. The van der Waals surface area contributed by atoms with Crippen LogP contribution in [0.1, 0.15) is 18.5 Å². The molecule has 9 heteroatoms. The zero-order chi connectivity index (χ0) is 16.8. The molecule has 1 aliphatic rings. The Labute approximate surface area is 138 Å². The van der Waals surface area contributed by atoms with Crippen LogP contribution in [0.4, 0.5) is 4.79 Å². The molecule has 0 spiro atoms. The van der Waals surface area contributed by atoms with E-state index in [1.165, 1.54) is 24.4 Å². The van der Waals surface area contributed by atoms with Gasteiger partial charge in [-0.2, -0.15) is 0 Å². The van der Waals surface area contributed by atoms with E-state index >= 15 is 0 Å². The van der Waals surface area contributed by atoms with Crippen LogP contribution < -0.4 is 5.32 Å². The maximum Gasteiger partial charge on any atom is 0.407 e. The average Bonchev–Trinajstić information content (AvgIpc) is 2.54. The summed E-state index contributed by atoms with van der Waals surface area (Å²) >= 11 is 5.89. The Morgan fingerprint density at radius 1 is 1.43 bits per heavy atom. The Morgan fingerprint density at radius 3 is 2.83 bits per heavy atom. The third-order valence-corrected chi connectivity index (χ3v) is 4.15. The van der Waals surface area contributed by atoms with Crippen LogP contribution in [-0.4, -0.2) is 58.3 Å². The third kappa shape index (κ3) is 4.52. The summed E-state index contributed by atoms with van der Waals surface area (Å²) in [5.41, 5.74) is 0.477. The van der Waals surface area contributed by atoms with Crippen LogP contribution in [0.5, 0.6) is 0 Å². The molecule has 2 heterocycles. The molecule has 0 aliphatic carbocycles. The molecule has 8 nitrogen and oxygen atoms in total. The molecule has 1 aliphatic heterocycles. The molecule has 0 radical (unpaired) electrons. The number of carbonyl (C=O) groups excluding carboxylic acids is 1. The van der Waals surface area contributed by atoms with Gasteiger partial charge in [0.05, 0.1) is 30.8 Å². The van der Waals surface area contributed by atoms with Crippen LogP contribution in [0.3, 0.4) is 0 Å². The van der Waals surface area contributed by atoms with Crippen LogP contribution in [0, 0.1) is 5.92 Å². The first-order valence-corrected chi connectivity index (χ1v) is 7.62. The largest absolute Gasteiger partial charge is 0.465 e. The van der Waals surface area contributed by atoms with Crippen molar-refractivity contribution in [3.05, 3.63) is 23.2 Å². The number of rotatable bonds is 5. The van der Waals surface area contributed by atoms with Gasteiger partial charge < -0.3 is 20.1 Å². The second-order valence-corrected chi connectivity index (χ2v) is 5.69. The lowest BCUT2D eigenvalue weighted by molar-refractivity contribution is -0.127. The van der Waals surface area contributed by atoms with Gasteiger partial charge in [-0.1, -0.05) is 11.6 Å². The fourth-order valence-corrected chi connectivity index (χ4v) is 2.80. The van der Waals surface area contributed by atoms with Gasteiger partial charge in [0.25, 0.3) is 0 Å². The molecular weight excluding hydrogens is 324 g/mol. The van der Waals surface area contributed by atoms with Crippen LogP contribution in [0.2, 0.25) is 5.15 Å². The van der Waals surface area contributed by atoms with E-state index in [1.807, 2.05) is 0 Å². The van der Waals surface area contributed by atoms with Gasteiger partial charge in [-0.05, 0) is 12.8 Å². The summed E-state index contributed by atoms with van der Waals surface area (Å²) in [4.78, 5) is 32.8. The molecule has 0 aromatic carbocycles. The number of hydrogen-bond acceptors (Lipinski definition) is 5. The van der Waals surface area contributed by atoms with E-state index in [-0.39, 0.29) is 30.2 Å². The summed E-state index contributed by atoms with van der Waals surface area (Å²) < 4.78 is 5.04. The summed E-state index contributed by atoms with van der Waals surface area (Å²) in [6, 6.07) is -0.212. The van der Waals surface area contributed by atoms with Gasteiger partial charge in [0.1, 0.15) is 0 Å². The van der Waals surface area contributed by atoms with Gasteiger partial charge in [0, 0.05) is 26.0 Å². The van der Waals surface area contributed by atoms with Crippen molar-refractivity contribution in [2.45, 2.75) is 25.4 Å². The quantitative estimate of drug-likeness (QED) is 0.831. The Morgan fingerprint density at radius 2 is 2.17 bits per heavy atom. The Balaban J connectivity index is 1.92.